The number of nitrogens with zero attached hydrogens (tertiary/aromatic N) is 4. The first-order chi connectivity index (χ1) is 8.95. The molecule has 0 bridgehead atoms. The maximum atomic E-state index is 11.5. The number of rotatable bonds is 4. The number of carbonyl (C=O) groups excluding carboxylic acids is 1. The Labute approximate surface area is 108 Å². The number of aryl methyl sites for hydroxylation is 2. The van der Waals surface area contributed by atoms with Crippen LogP contribution in [0.25, 0.3) is 5.78 Å². The third-order valence-electron chi connectivity index (χ3n) is 2.44. The first-order valence-electron chi connectivity index (χ1n) is 5.68. The van der Waals surface area contributed by atoms with Gasteiger partial charge in [-0.25, -0.2) is 4.98 Å². The lowest BCUT2D eigenvalue weighted by molar-refractivity contribution is -0.138. The van der Waals surface area contributed by atoms with E-state index in [1.807, 2.05) is 19.9 Å². The summed E-state index contributed by atoms with van der Waals surface area (Å²) in [5.41, 5.74) is 1.65. The van der Waals surface area contributed by atoms with E-state index in [1.165, 1.54) is 4.52 Å². The molecule has 19 heavy (non-hydrogen) atoms. The van der Waals surface area contributed by atoms with Crippen molar-refractivity contribution in [2.24, 2.45) is 0 Å². The van der Waals surface area contributed by atoms with E-state index in [-0.39, 0.29) is 18.8 Å². The normalized spacial score (nSPS) is 10.6. The summed E-state index contributed by atoms with van der Waals surface area (Å²) >= 11 is 0. The van der Waals surface area contributed by atoms with Crippen molar-refractivity contribution in [3.8, 4) is 0 Å². The molecule has 2 heterocycles. The summed E-state index contributed by atoms with van der Waals surface area (Å²) in [7, 11) is 0. The molecule has 0 aliphatic heterocycles. The number of aromatic nitrogens is 4. The van der Waals surface area contributed by atoms with Crippen molar-refractivity contribution in [3.63, 3.8) is 0 Å². The van der Waals surface area contributed by atoms with Crippen LogP contribution in [-0.2, 0) is 9.59 Å². The molecule has 8 nitrogen and oxygen atoms in total. The smallest absolute Gasteiger partial charge is 0.303 e. The van der Waals surface area contributed by atoms with Gasteiger partial charge in [-0.15, -0.1) is 5.10 Å². The van der Waals surface area contributed by atoms with Crippen LogP contribution in [0.1, 0.15) is 24.2 Å². The number of carboxylic acid groups (broad SMARTS) is 1. The monoisotopic (exact) mass is 263 g/mol. The molecule has 0 saturated heterocycles. The molecule has 0 fully saturated rings. The Morgan fingerprint density at radius 3 is 2.74 bits per heavy atom. The van der Waals surface area contributed by atoms with Crippen LogP contribution in [0.4, 0.5) is 5.95 Å². The van der Waals surface area contributed by atoms with E-state index < -0.39 is 11.9 Å². The van der Waals surface area contributed by atoms with E-state index in [0.29, 0.717) is 5.78 Å². The minimum absolute atomic E-state index is 0.115. The fraction of sp³-hybridized carbons (Fsp3) is 0.364. The minimum Gasteiger partial charge on any atom is -0.481 e. The van der Waals surface area contributed by atoms with E-state index in [9.17, 15) is 9.59 Å². The number of carbonyl (C=O) groups is 2. The van der Waals surface area contributed by atoms with Crippen molar-refractivity contribution in [3.05, 3.63) is 17.5 Å². The van der Waals surface area contributed by atoms with Gasteiger partial charge in [-0.3, -0.25) is 14.9 Å². The molecule has 0 aromatic carbocycles. The van der Waals surface area contributed by atoms with Gasteiger partial charge in [0.15, 0.2) is 0 Å². The highest BCUT2D eigenvalue weighted by molar-refractivity contribution is 5.91. The van der Waals surface area contributed by atoms with Gasteiger partial charge in [-0.05, 0) is 19.9 Å². The highest BCUT2D eigenvalue weighted by Crippen LogP contribution is 2.08. The molecule has 0 atom stereocenters. The molecule has 2 rings (SSSR count). The van der Waals surface area contributed by atoms with Crippen LogP contribution < -0.4 is 5.32 Å². The third kappa shape index (κ3) is 3.03. The first kappa shape index (κ1) is 12.9. The van der Waals surface area contributed by atoms with Gasteiger partial charge in [0.1, 0.15) is 0 Å². The van der Waals surface area contributed by atoms with Crippen molar-refractivity contribution in [2.45, 2.75) is 26.7 Å². The van der Waals surface area contributed by atoms with Crippen molar-refractivity contribution in [1.29, 1.82) is 0 Å². The topological polar surface area (TPSA) is 109 Å². The summed E-state index contributed by atoms with van der Waals surface area (Å²) in [6.45, 7) is 3.69. The molecular formula is C11H13N5O3. The molecule has 0 unspecified atom stereocenters. The van der Waals surface area contributed by atoms with E-state index in [0.717, 1.165) is 11.4 Å². The van der Waals surface area contributed by atoms with Crippen molar-refractivity contribution in [2.75, 3.05) is 5.32 Å². The summed E-state index contributed by atoms with van der Waals surface area (Å²) in [5, 5.41) is 15.0. The van der Waals surface area contributed by atoms with Gasteiger partial charge < -0.3 is 5.11 Å². The number of hydrogen-bond acceptors (Lipinski definition) is 5. The van der Waals surface area contributed by atoms with Crippen LogP contribution in [0, 0.1) is 13.8 Å². The Kier molecular flexibility index (Phi) is 3.41. The lowest BCUT2D eigenvalue weighted by Crippen LogP contribution is -2.14. The Morgan fingerprint density at radius 1 is 1.32 bits per heavy atom. The van der Waals surface area contributed by atoms with Gasteiger partial charge in [0, 0.05) is 17.8 Å². The second-order valence-corrected chi connectivity index (χ2v) is 4.13. The fourth-order valence-electron chi connectivity index (χ4n) is 1.63. The van der Waals surface area contributed by atoms with Crippen LogP contribution in [-0.4, -0.2) is 36.6 Å². The van der Waals surface area contributed by atoms with Crippen molar-refractivity contribution in [1.82, 2.24) is 19.6 Å². The van der Waals surface area contributed by atoms with E-state index >= 15 is 0 Å². The van der Waals surface area contributed by atoms with Gasteiger partial charge in [0.2, 0.25) is 5.91 Å². The summed E-state index contributed by atoms with van der Waals surface area (Å²) in [6.07, 6.45) is -0.341. The zero-order valence-corrected chi connectivity index (χ0v) is 10.5. The van der Waals surface area contributed by atoms with Crippen LogP contribution in [0.2, 0.25) is 0 Å². The average Bonchev–Trinajstić information content (AvgIpc) is 2.69. The summed E-state index contributed by atoms with van der Waals surface area (Å²) in [6, 6.07) is 1.84. The second kappa shape index (κ2) is 5.01. The van der Waals surface area contributed by atoms with Crippen molar-refractivity contribution < 1.29 is 14.7 Å². The standard InChI is InChI=1S/C11H13N5O3/c1-6-5-7(2)16-11(12-6)14-10(15-16)13-8(17)3-4-9(18)19/h5H,3-4H2,1-2H3,(H,18,19)(H,13,15,17). The Morgan fingerprint density at radius 2 is 2.05 bits per heavy atom. The van der Waals surface area contributed by atoms with Crippen LogP contribution in [0.15, 0.2) is 6.07 Å². The average molecular weight is 263 g/mol. The molecule has 1 amide bonds. The van der Waals surface area contributed by atoms with Crippen LogP contribution in [0.5, 0.6) is 0 Å². The predicted octanol–water partition coefficient (Wildman–Crippen LogP) is 0.544. The molecule has 2 aromatic heterocycles. The van der Waals surface area contributed by atoms with E-state index in [2.05, 4.69) is 20.4 Å². The molecule has 0 radical (unpaired) electrons. The highest BCUT2D eigenvalue weighted by atomic mass is 16.4. The molecule has 2 N–H and O–H groups in total. The second-order valence-electron chi connectivity index (χ2n) is 4.13. The zero-order valence-electron chi connectivity index (χ0n) is 10.5. The van der Waals surface area contributed by atoms with Gasteiger partial charge >= 0.3 is 5.97 Å². The Hall–Kier alpha value is -2.51. The van der Waals surface area contributed by atoms with E-state index in [1.54, 1.807) is 0 Å². The maximum Gasteiger partial charge on any atom is 0.303 e. The van der Waals surface area contributed by atoms with Gasteiger partial charge in [-0.1, -0.05) is 0 Å². The molecule has 0 aliphatic carbocycles. The molecule has 8 heteroatoms. The lowest BCUT2D eigenvalue weighted by Gasteiger charge is -1.98. The molecule has 2 aromatic rings. The van der Waals surface area contributed by atoms with Crippen LogP contribution >= 0.6 is 0 Å². The minimum atomic E-state index is -1.02. The number of nitrogens with one attached hydrogen (secondary N) is 1. The maximum absolute atomic E-state index is 11.5. The first-order valence-corrected chi connectivity index (χ1v) is 5.68. The SMILES string of the molecule is Cc1cc(C)n2nc(NC(=O)CCC(=O)O)nc2n1. The zero-order chi connectivity index (χ0) is 14.0. The van der Waals surface area contributed by atoms with Gasteiger partial charge in [0.05, 0.1) is 6.42 Å². The number of hydrogen-bond donors (Lipinski definition) is 2. The number of carboxylic acids is 1. The molecular weight excluding hydrogens is 250 g/mol. The summed E-state index contributed by atoms with van der Waals surface area (Å²) in [5.74, 6) is -0.943. The summed E-state index contributed by atoms with van der Waals surface area (Å²) < 4.78 is 1.51. The Bertz CT molecular complexity index is 649. The molecule has 0 aliphatic rings. The molecule has 100 valence electrons. The predicted molar refractivity (Wildman–Crippen MR) is 65.8 cm³/mol. The Balaban J connectivity index is 2.15. The molecule has 0 saturated carbocycles. The van der Waals surface area contributed by atoms with Gasteiger partial charge in [0.25, 0.3) is 11.7 Å². The fourth-order valence-corrected chi connectivity index (χ4v) is 1.63. The quantitative estimate of drug-likeness (QED) is 0.833. The van der Waals surface area contributed by atoms with Crippen LogP contribution in [0.3, 0.4) is 0 Å². The summed E-state index contributed by atoms with van der Waals surface area (Å²) in [4.78, 5) is 30.1. The number of fused-ring (bicyclic) bond motifs is 1. The van der Waals surface area contributed by atoms with E-state index in [4.69, 9.17) is 5.11 Å². The number of anilines is 1. The van der Waals surface area contributed by atoms with Gasteiger partial charge in [-0.2, -0.15) is 9.50 Å². The number of amides is 1. The third-order valence-corrected chi connectivity index (χ3v) is 2.44. The lowest BCUT2D eigenvalue weighted by atomic mass is 10.3. The largest absolute Gasteiger partial charge is 0.481 e. The van der Waals surface area contributed by atoms with Crippen molar-refractivity contribution >= 4 is 23.6 Å². The number of aliphatic carboxylic acids is 1. The highest BCUT2D eigenvalue weighted by Gasteiger charge is 2.11. The molecule has 0 spiro atoms.